The smallest absolute Gasteiger partial charge is 0.389 e. The Morgan fingerprint density at radius 1 is 1.33 bits per heavy atom. The first-order valence-electron chi connectivity index (χ1n) is 5.19. The number of alkyl halides is 3. The van der Waals surface area contributed by atoms with Crippen LogP contribution in [0.2, 0.25) is 0 Å². The van der Waals surface area contributed by atoms with Gasteiger partial charge in [0.15, 0.2) is 5.75 Å². The molecule has 0 atom stereocenters. The maximum absolute atomic E-state index is 11.9. The second kappa shape index (κ2) is 5.61. The van der Waals surface area contributed by atoms with Crippen molar-refractivity contribution in [3.05, 3.63) is 23.8 Å². The number of amides is 1. The summed E-state index contributed by atoms with van der Waals surface area (Å²) in [5, 5.41) is 0. The summed E-state index contributed by atoms with van der Waals surface area (Å²) in [6, 6.07) is 4.39. The van der Waals surface area contributed by atoms with Crippen LogP contribution in [0.15, 0.2) is 18.2 Å². The van der Waals surface area contributed by atoms with Crippen molar-refractivity contribution in [1.29, 1.82) is 0 Å². The number of benzene rings is 1. The number of halogens is 3. The van der Waals surface area contributed by atoms with Gasteiger partial charge in [0.1, 0.15) is 0 Å². The van der Waals surface area contributed by atoms with E-state index in [0.717, 1.165) is 0 Å². The Bertz CT molecular complexity index is 433. The highest BCUT2D eigenvalue weighted by atomic mass is 19.4. The molecule has 0 fully saturated rings. The molecular weight excluding hydrogens is 249 g/mol. The average Bonchev–Trinajstić information content (AvgIpc) is 2.24. The van der Waals surface area contributed by atoms with Crippen LogP contribution < -0.4 is 16.2 Å². The molecule has 0 bridgehead atoms. The first-order valence-corrected chi connectivity index (χ1v) is 5.19. The molecule has 4 nitrogen and oxygen atoms in total. The van der Waals surface area contributed by atoms with Gasteiger partial charge in [0.05, 0.1) is 17.9 Å². The van der Waals surface area contributed by atoms with Crippen LogP contribution in [-0.2, 0) is 0 Å². The summed E-state index contributed by atoms with van der Waals surface area (Å²) < 4.78 is 40.8. The maximum Gasteiger partial charge on any atom is 0.389 e. The molecule has 0 aliphatic rings. The summed E-state index contributed by atoms with van der Waals surface area (Å²) in [5.41, 5.74) is 10.9. The molecule has 1 aromatic carbocycles. The zero-order valence-corrected chi connectivity index (χ0v) is 9.46. The van der Waals surface area contributed by atoms with Gasteiger partial charge in [-0.15, -0.1) is 0 Å². The normalized spacial score (nSPS) is 11.3. The zero-order chi connectivity index (χ0) is 13.8. The van der Waals surface area contributed by atoms with Gasteiger partial charge in [0.2, 0.25) is 0 Å². The molecule has 4 N–H and O–H groups in total. The first kappa shape index (κ1) is 14.1. The van der Waals surface area contributed by atoms with Crippen molar-refractivity contribution in [2.75, 3.05) is 12.3 Å². The highest BCUT2D eigenvalue weighted by molar-refractivity contribution is 5.97. The molecule has 18 heavy (non-hydrogen) atoms. The SMILES string of the molecule is NC(=O)c1cccc(N)c1OCCCC(F)(F)F. The fraction of sp³-hybridized carbons (Fsp3) is 0.364. The monoisotopic (exact) mass is 262 g/mol. The van der Waals surface area contributed by atoms with Crippen molar-refractivity contribution in [1.82, 2.24) is 0 Å². The van der Waals surface area contributed by atoms with Gasteiger partial charge >= 0.3 is 6.18 Å². The Morgan fingerprint density at radius 3 is 2.56 bits per heavy atom. The van der Waals surface area contributed by atoms with Gasteiger partial charge in [0, 0.05) is 6.42 Å². The molecule has 0 aliphatic heterocycles. The van der Waals surface area contributed by atoms with Gasteiger partial charge in [-0.25, -0.2) is 0 Å². The van der Waals surface area contributed by atoms with E-state index in [4.69, 9.17) is 16.2 Å². The molecule has 0 radical (unpaired) electrons. The molecule has 0 unspecified atom stereocenters. The van der Waals surface area contributed by atoms with Crippen LogP contribution in [0.5, 0.6) is 5.75 Å². The summed E-state index contributed by atoms with van der Waals surface area (Å²) in [7, 11) is 0. The van der Waals surface area contributed by atoms with Gasteiger partial charge in [-0.1, -0.05) is 6.07 Å². The lowest BCUT2D eigenvalue weighted by Gasteiger charge is -2.12. The number of hydrogen-bond acceptors (Lipinski definition) is 3. The van der Waals surface area contributed by atoms with Crippen molar-refractivity contribution in [2.45, 2.75) is 19.0 Å². The van der Waals surface area contributed by atoms with Gasteiger partial charge < -0.3 is 16.2 Å². The number of para-hydroxylation sites is 1. The minimum Gasteiger partial charge on any atom is -0.491 e. The Balaban J connectivity index is 2.64. The molecule has 1 amide bonds. The standard InChI is InChI=1S/C11H13F3N2O2/c12-11(13,14)5-2-6-18-9-7(10(16)17)3-1-4-8(9)15/h1,3-4H,2,5-6,15H2,(H2,16,17). The summed E-state index contributed by atoms with van der Waals surface area (Å²) in [4.78, 5) is 11.1. The fourth-order valence-electron chi connectivity index (χ4n) is 1.36. The number of carbonyl (C=O) groups is 1. The quantitative estimate of drug-likeness (QED) is 0.630. The van der Waals surface area contributed by atoms with Crippen molar-refractivity contribution in [3.63, 3.8) is 0 Å². The first-order chi connectivity index (χ1) is 8.31. The van der Waals surface area contributed by atoms with Crippen LogP contribution in [0, 0.1) is 0 Å². The van der Waals surface area contributed by atoms with Gasteiger partial charge in [-0.2, -0.15) is 13.2 Å². The molecular formula is C11H13F3N2O2. The van der Waals surface area contributed by atoms with E-state index in [1.165, 1.54) is 18.2 Å². The second-order valence-electron chi connectivity index (χ2n) is 3.66. The minimum absolute atomic E-state index is 0.0344. The van der Waals surface area contributed by atoms with E-state index in [-0.39, 0.29) is 30.0 Å². The molecule has 0 saturated carbocycles. The number of anilines is 1. The largest absolute Gasteiger partial charge is 0.491 e. The number of nitrogens with two attached hydrogens (primary N) is 2. The molecule has 0 aliphatic carbocycles. The lowest BCUT2D eigenvalue weighted by atomic mass is 10.1. The molecule has 1 aromatic rings. The third kappa shape index (κ3) is 4.15. The van der Waals surface area contributed by atoms with Crippen LogP contribution in [0.4, 0.5) is 18.9 Å². The number of primary amides is 1. The topological polar surface area (TPSA) is 78.3 Å². The van der Waals surface area contributed by atoms with Gasteiger partial charge in [-0.3, -0.25) is 4.79 Å². The summed E-state index contributed by atoms with van der Waals surface area (Å²) in [6.07, 6.45) is -5.39. The average molecular weight is 262 g/mol. The number of rotatable bonds is 5. The Labute approximate surface area is 102 Å². The summed E-state index contributed by atoms with van der Waals surface area (Å²) in [6.45, 7) is -0.187. The molecule has 0 aromatic heterocycles. The lowest BCUT2D eigenvalue weighted by Crippen LogP contribution is -2.15. The van der Waals surface area contributed by atoms with E-state index in [1.807, 2.05) is 0 Å². The van der Waals surface area contributed by atoms with Crippen LogP contribution in [0.25, 0.3) is 0 Å². The third-order valence-corrected chi connectivity index (χ3v) is 2.16. The molecule has 1 rings (SSSR count). The number of carbonyl (C=O) groups excluding carboxylic acids is 1. The molecule has 100 valence electrons. The number of nitrogen functional groups attached to an aromatic ring is 1. The Kier molecular flexibility index (Phi) is 4.41. The number of hydrogen-bond donors (Lipinski definition) is 2. The summed E-state index contributed by atoms with van der Waals surface area (Å²) >= 11 is 0. The van der Waals surface area contributed by atoms with Crippen LogP contribution in [-0.4, -0.2) is 18.7 Å². The summed E-state index contributed by atoms with van der Waals surface area (Å²) in [5.74, 6) is -0.708. The van der Waals surface area contributed by atoms with Crippen LogP contribution in [0.3, 0.4) is 0 Å². The van der Waals surface area contributed by atoms with E-state index >= 15 is 0 Å². The van der Waals surface area contributed by atoms with Crippen molar-refractivity contribution >= 4 is 11.6 Å². The minimum atomic E-state index is -4.22. The van der Waals surface area contributed by atoms with Gasteiger partial charge in [0.25, 0.3) is 5.91 Å². The van der Waals surface area contributed by atoms with E-state index in [2.05, 4.69) is 0 Å². The van der Waals surface area contributed by atoms with E-state index in [9.17, 15) is 18.0 Å². The maximum atomic E-state index is 11.9. The van der Waals surface area contributed by atoms with E-state index < -0.39 is 18.5 Å². The fourth-order valence-corrected chi connectivity index (χ4v) is 1.36. The third-order valence-electron chi connectivity index (χ3n) is 2.16. The highest BCUT2D eigenvalue weighted by Gasteiger charge is 2.26. The van der Waals surface area contributed by atoms with Gasteiger partial charge in [-0.05, 0) is 18.6 Å². The van der Waals surface area contributed by atoms with E-state index in [1.54, 1.807) is 0 Å². The Hall–Kier alpha value is -1.92. The van der Waals surface area contributed by atoms with Crippen molar-refractivity contribution in [3.8, 4) is 5.75 Å². The van der Waals surface area contributed by atoms with Crippen molar-refractivity contribution < 1.29 is 22.7 Å². The van der Waals surface area contributed by atoms with Crippen LogP contribution >= 0.6 is 0 Å². The zero-order valence-electron chi connectivity index (χ0n) is 9.46. The van der Waals surface area contributed by atoms with Crippen molar-refractivity contribution in [2.24, 2.45) is 5.73 Å². The number of ether oxygens (including phenoxy) is 1. The highest BCUT2D eigenvalue weighted by Crippen LogP contribution is 2.27. The molecule has 7 heteroatoms. The second-order valence-corrected chi connectivity index (χ2v) is 3.66. The lowest BCUT2D eigenvalue weighted by molar-refractivity contribution is -0.136. The predicted octanol–water partition coefficient (Wildman–Crippen LogP) is 2.09. The molecule has 0 spiro atoms. The molecule has 0 saturated heterocycles. The van der Waals surface area contributed by atoms with Crippen LogP contribution in [0.1, 0.15) is 23.2 Å². The van der Waals surface area contributed by atoms with E-state index in [0.29, 0.717) is 0 Å². The Morgan fingerprint density at radius 2 is 2.00 bits per heavy atom. The molecule has 0 heterocycles. The predicted molar refractivity (Wildman–Crippen MR) is 60.2 cm³/mol.